The minimum absolute atomic E-state index is 0. The third-order valence-electron chi connectivity index (χ3n) is 6.09. The zero-order valence-corrected chi connectivity index (χ0v) is 23.2. The zero-order valence-electron chi connectivity index (χ0n) is 18.7. The summed E-state index contributed by atoms with van der Waals surface area (Å²) in [6, 6.07) is 11.2. The highest BCUT2D eigenvalue weighted by Crippen LogP contribution is 2.46. The number of nitrogens with zero attached hydrogens (tertiary/aromatic N) is 3. The molecule has 2 aliphatic rings. The molecule has 34 heavy (non-hydrogen) atoms. The van der Waals surface area contributed by atoms with E-state index in [-0.39, 0.29) is 18.3 Å². The van der Waals surface area contributed by atoms with E-state index in [1.165, 1.54) is 0 Å². The zero-order chi connectivity index (χ0) is 23.3. The lowest BCUT2D eigenvalue weighted by molar-refractivity contribution is 0.0833. The predicted molar refractivity (Wildman–Crippen MR) is 146 cm³/mol. The summed E-state index contributed by atoms with van der Waals surface area (Å²) in [6.45, 7) is 5.44. The lowest BCUT2D eigenvalue weighted by Crippen LogP contribution is -2.50. The van der Waals surface area contributed by atoms with Gasteiger partial charge in [-0.25, -0.2) is 10.0 Å². The van der Waals surface area contributed by atoms with Crippen molar-refractivity contribution in [3.63, 3.8) is 0 Å². The fourth-order valence-electron chi connectivity index (χ4n) is 4.61. The number of carbonyl (C=O) groups is 1. The van der Waals surface area contributed by atoms with Gasteiger partial charge in [-0.05, 0) is 85.7 Å². The monoisotopic (exact) mass is 632 g/mol. The fraction of sp³-hybridized carbons (Fsp3) is 0.333. The van der Waals surface area contributed by atoms with Crippen molar-refractivity contribution in [1.29, 1.82) is 0 Å². The maximum Gasteiger partial charge on any atom is 0.293 e. The predicted octanol–water partition coefficient (Wildman–Crippen LogP) is 7.09. The van der Waals surface area contributed by atoms with Crippen LogP contribution in [0.2, 0.25) is 10.0 Å². The van der Waals surface area contributed by atoms with Crippen molar-refractivity contribution in [2.24, 2.45) is 0 Å². The summed E-state index contributed by atoms with van der Waals surface area (Å²) in [5, 5.41) is 12.3. The van der Waals surface area contributed by atoms with E-state index in [0.717, 1.165) is 58.5 Å². The number of nitrogens with one attached hydrogen (secondary N) is 1. The summed E-state index contributed by atoms with van der Waals surface area (Å²) >= 11 is 15.0. The van der Waals surface area contributed by atoms with Gasteiger partial charge in [0.1, 0.15) is 11.4 Å². The van der Waals surface area contributed by atoms with Crippen molar-refractivity contribution in [1.82, 2.24) is 15.2 Å². The highest BCUT2D eigenvalue weighted by atomic mass is 127. The van der Waals surface area contributed by atoms with Crippen LogP contribution >= 0.6 is 58.2 Å². The molecule has 0 bridgehead atoms. The van der Waals surface area contributed by atoms with Gasteiger partial charge in [-0.2, -0.15) is 5.10 Å². The van der Waals surface area contributed by atoms with Gasteiger partial charge in [-0.1, -0.05) is 29.6 Å². The molecule has 3 heterocycles. The largest absolute Gasteiger partial charge is 0.482 e. The van der Waals surface area contributed by atoms with Crippen LogP contribution in [0.3, 0.4) is 0 Å². The summed E-state index contributed by atoms with van der Waals surface area (Å²) in [5.41, 5.74) is 2.62. The molecule has 3 aromatic rings. The number of hydrazine groups is 1. The molecule has 2 aromatic carbocycles. The van der Waals surface area contributed by atoms with Crippen LogP contribution in [0.4, 0.5) is 5.69 Å². The van der Waals surface area contributed by atoms with Crippen molar-refractivity contribution >= 4 is 69.8 Å². The Morgan fingerprint density at radius 3 is 2.59 bits per heavy atom. The molecule has 1 N–H and O–H groups in total. The van der Waals surface area contributed by atoms with Gasteiger partial charge in [0.05, 0.1) is 22.0 Å². The normalized spacial score (nSPS) is 16.6. The van der Waals surface area contributed by atoms with E-state index in [1.54, 1.807) is 23.2 Å². The number of halogens is 4. The van der Waals surface area contributed by atoms with E-state index in [4.69, 9.17) is 27.9 Å². The Balaban J connectivity index is 0.00000274. The van der Waals surface area contributed by atoms with E-state index >= 15 is 0 Å². The Bertz CT molecular complexity index is 1240. The number of anilines is 1. The molecule has 2 aliphatic heterocycles. The molecule has 0 radical (unpaired) electrons. The van der Waals surface area contributed by atoms with Crippen LogP contribution in [-0.2, 0) is 5.60 Å². The number of H-pyrrole nitrogens is 1. The Morgan fingerprint density at radius 1 is 1.15 bits per heavy atom. The number of aromatic nitrogens is 2. The third kappa shape index (κ3) is 4.53. The number of rotatable bonds is 3. The van der Waals surface area contributed by atoms with E-state index in [1.807, 2.05) is 32.0 Å². The van der Waals surface area contributed by atoms with Gasteiger partial charge in [0.25, 0.3) is 5.91 Å². The minimum Gasteiger partial charge on any atom is -0.482 e. The maximum absolute atomic E-state index is 14.1. The van der Waals surface area contributed by atoms with Crippen molar-refractivity contribution in [2.45, 2.75) is 38.7 Å². The molecule has 0 aliphatic carbocycles. The van der Waals surface area contributed by atoms with Crippen LogP contribution in [-0.4, -0.2) is 34.2 Å². The van der Waals surface area contributed by atoms with E-state index < -0.39 is 5.60 Å². The number of carbonyl (C=O) groups excluding carboxylic acids is 1. The molecule has 1 aromatic heterocycles. The van der Waals surface area contributed by atoms with Crippen molar-refractivity contribution in [3.8, 4) is 17.0 Å². The van der Waals surface area contributed by atoms with Gasteiger partial charge >= 0.3 is 0 Å². The van der Waals surface area contributed by atoms with E-state index in [0.29, 0.717) is 21.4 Å². The van der Waals surface area contributed by atoms with E-state index in [9.17, 15) is 4.79 Å². The Labute approximate surface area is 228 Å². The Kier molecular flexibility index (Phi) is 7.41. The fourth-order valence-corrected chi connectivity index (χ4v) is 5.56. The summed E-state index contributed by atoms with van der Waals surface area (Å²) in [5.74, 6) is 0.528. The van der Waals surface area contributed by atoms with Gasteiger partial charge in [-0.3, -0.25) is 9.89 Å². The number of ether oxygens (including phenoxy) is 1. The standard InChI is InChI=1S/C24H23Cl2IN4O2.ClH/c1-24(2)20-21(16-8-7-15(27)13-19(16)33-24)28-29-22(20)23(32)31(30-10-4-3-5-11-30)18-9-6-14(25)12-17(18)26;/h6-9,12-13H,3-5,10-11H2,1-2H3,(H,28,29);1H. The lowest BCUT2D eigenvalue weighted by Gasteiger charge is -2.38. The molecule has 1 fully saturated rings. The number of hydrogen-bond donors (Lipinski definition) is 1. The first-order chi connectivity index (χ1) is 15.8. The molecular weight excluding hydrogens is 610 g/mol. The molecule has 6 nitrogen and oxygen atoms in total. The molecule has 0 saturated carbocycles. The molecule has 1 saturated heterocycles. The average molecular weight is 634 g/mol. The van der Waals surface area contributed by atoms with Gasteiger partial charge in [0.15, 0.2) is 5.69 Å². The second kappa shape index (κ2) is 9.85. The second-order valence-corrected chi connectivity index (χ2v) is 10.9. The van der Waals surface area contributed by atoms with Crippen molar-refractivity contribution < 1.29 is 9.53 Å². The summed E-state index contributed by atoms with van der Waals surface area (Å²) in [6.07, 6.45) is 3.16. The molecule has 10 heteroatoms. The molecule has 180 valence electrons. The second-order valence-electron chi connectivity index (χ2n) is 8.80. The first-order valence-corrected chi connectivity index (χ1v) is 12.7. The third-order valence-corrected chi connectivity index (χ3v) is 7.30. The number of piperidine rings is 1. The molecular formula is C24H24Cl3IN4O2. The molecule has 0 unspecified atom stereocenters. The topological polar surface area (TPSA) is 61.5 Å². The molecule has 0 atom stereocenters. The smallest absolute Gasteiger partial charge is 0.293 e. The summed E-state index contributed by atoms with van der Waals surface area (Å²) in [4.78, 5) is 14.1. The Morgan fingerprint density at radius 2 is 1.88 bits per heavy atom. The highest BCUT2D eigenvalue weighted by Gasteiger charge is 2.41. The number of aromatic amines is 1. The van der Waals surface area contributed by atoms with Gasteiger partial charge in [0.2, 0.25) is 0 Å². The maximum atomic E-state index is 14.1. The van der Waals surface area contributed by atoms with Crippen LogP contribution in [0.15, 0.2) is 36.4 Å². The first-order valence-electron chi connectivity index (χ1n) is 10.9. The van der Waals surface area contributed by atoms with Crippen LogP contribution in [0.1, 0.15) is 49.2 Å². The minimum atomic E-state index is -0.748. The highest BCUT2D eigenvalue weighted by molar-refractivity contribution is 14.1. The molecule has 1 amide bonds. The summed E-state index contributed by atoms with van der Waals surface area (Å²) < 4.78 is 7.43. The summed E-state index contributed by atoms with van der Waals surface area (Å²) in [7, 11) is 0. The average Bonchev–Trinajstić information content (AvgIpc) is 3.22. The quantitative estimate of drug-likeness (QED) is 0.313. The number of fused-ring (bicyclic) bond motifs is 3. The van der Waals surface area contributed by atoms with E-state index in [2.05, 4.69) is 37.8 Å². The van der Waals surface area contributed by atoms with Crippen molar-refractivity contribution in [2.75, 3.05) is 18.1 Å². The number of amides is 1. The molecule has 0 spiro atoms. The van der Waals surface area contributed by atoms with Crippen LogP contribution in [0, 0.1) is 3.57 Å². The van der Waals surface area contributed by atoms with Gasteiger partial charge in [0, 0.05) is 27.2 Å². The van der Waals surface area contributed by atoms with Gasteiger partial charge < -0.3 is 4.74 Å². The number of benzene rings is 2. The first kappa shape index (κ1) is 25.6. The lowest BCUT2D eigenvalue weighted by atomic mass is 9.89. The number of hydrogen-bond acceptors (Lipinski definition) is 4. The Hall–Kier alpha value is -1.52. The SMILES string of the molecule is CC1(C)Oc2cc(I)ccc2-c2[nH]nc(C(=O)N(c3ccc(Cl)cc3Cl)N3CCCCC3)c21.Cl. The van der Waals surface area contributed by atoms with Crippen molar-refractivity contribution in [3.05, 3.63) is 61.3 Å². The van der Waals surface area contributed by atoms with Crippen LogP contribution < -0.4 is 9.75 Å². The van der Waals surface area contributed by atoms with Gasteiger partial charge in [-0.15, -0.1) is 12.4 Å². The van der Waals surface area contributed by atoms with Crippen LogP contribution in [0.25, 0.3) is 11.3 Å². The van der Waals surface area contributed by atoms with Crippen LogP contribution in [0.5, 0.6) is 5.75 Å². The molecule has 5 rings (SSSR count).